The van der Waals surface area contributed by atoms with Crippen LogP contribution in [0.15, 0.2) is 40.1 Å². The molecule has 16 heavy (non-hydrogen) atoms. The Balaban J connectivity index is 2.22. The van der Waals surface area contributed by atoms with Crippen LogP contribution in [-0.2, 0) is 6.54 Å². The first kappa shape index (κ1) is 9.54. The van der Waals surface area contributed by atoms with Crippen molar-refractivity contribution in [2.45, 2.75) is 6.54 Å². The Hall–Kier alpha value is -1.68. The molecule has 0 aliphatic carbocycles. The number of thiazole rings is 1. The summed E-state index contributed by atoms with van der Waals surface area (Å²) in [5, 5.41) is 0. The van der Waals surface area contributed by atoms with Crippen LogP contribution in [0.25, 0.3) is 6.08 Å². The van der Waals surface area contributed by atoms with E-state index in [9.17, 15) is 4.79 Å². The van der Waals surface area contributed by atoms with Crippen LogP contribution in [-0.4, -0.2) is 11.1 Å². The monoisotopic (exact) mass is 230 g/mol. The lowest BCUT2D eigenvalue weighted by atomic mass is 10.2. The van der Waals surface area contributed by atoms with E-state index >= 15 is 0 Å². The number of aromatic nitrogens is 1. The Labute approximate surface area is 96.0 Å². The summed E-state index contributed by atoms with van der Waals surface area (Å²) in [6, 6.07) is 9.89. The van der Waals surface area contributed by atoms with Gasteiger partial charge in [-0.2, -0.15) is 0 Å². The van der Waals surface area contributed by atoms with Gasteiger partial charge in [0, 0.05) is 6.54 Å². The number of nitrogens with zero attached hydrogens (tertiary/aromatic N) is 2. The topological polar surface area (TPSA) is 34.4 Å². The lowest BCUT2D eigenvalue weighted by molar-refractivity contribution is 0.740. The van der Waals surface area contributed by atoms with Gasteiger partial charge >= 0.3 is 0 Å². The van der Waals surface area contributed by atoms with E-state index in [0.29, 0.717) is 0 Å². The van der Waals surface area contributed by atoms with Gasteiger partial charge in [-0.05, 0) is 11.6 Å². The molecular formula is C12H10N2OS. The minimum Gasteiger partial charge on any atom is -0.282 e. The molecule has 0 unspecified atom stereocenters. The van der Waals surface area contributed by atoms with Gasteiger partial charge in [-0.3, -0.25) is 14.4 Å². The highest BCUT2D eigenvalue weighted by atomic mass is 32.1. The third-order valence-corrected chi connectivity index (χ3v) is 3.60. The Morgan fingerprint density at radius 2 is 2.12 bits per heavy atom. The number of hydrogen-bond donors (Lipinski definition) is 0. The molecular weight excluding hydrogens is 220 g/mol. The van der Waals surface area contributed by atoms with Crippen molar-refractivity contribution in [3.8, 4) is 0 Å². The highest BCUT2D eigenvalue weighted by Crippen LogP contribution is 1.98. The third kappa shape index (κ3) is 1.51. The summed E-state index contributed by atoms with van der Waals surface area (Å²) in [5.41, 5.74) is 1.14. The molecule has 2 aromatic rings. The molecule has 0 amide bonds. The van der Waals surface area contributed by atoms with Crippen molar-refractivity contribution in [2.24, 2.45) is 4.99 Å². The average molecular weight is 230 g/mol. The maximum absolute atomic E-state index is 11.9. The van der Waals surface area contributed by atoms with E-state index in [1.807, 2.05) is 36.4 Å². The number of hydrogen-bond acceptors (Lipinski definition) is 3. The SMILES string of the molecule is O=c1c(=Cc2ccccc2)sc2n1CCN=2. The molecule has 0 spiro atoms. The van der Waals surface area contributed by atoms with Crippen molar-refractivity contribution in [3.63, 3.8) is 0 Å². The fourth-order valence-corrected chi connectivity index (χ4v) is 2.80. The van der Waals surface area contributed by atoms with E-state index in [1.165, 1.54) is 11.3 Å². The van der Waals surface area contributed by atoms with Gasteiger partial charge < -0.3 is 0 Å². The minimum absolute atomic E-state index is 0.0881. The molecule has 3 rings (SSSR count). The Kier molecular flexibility index (Phi) is 2.22. The van der Waals surface area contributed by atoms with Gasteiger partial charge in [0.05, 0.1) is 11.1 Å². The van der Waals surface area contributed by atoms with Gasteiger partial charge in [-0.1, -0.05) is 41.7 Å². The molecule has 1 aromatic carbocycles. The summed E-state index contributed by atoms with van der Waals surface area (Å²) >= 11 is 1.47. The highest BCUT2D eigenvalue weighted by Gasteiger charge is 2.08. The predicted molar refractivity (Wildman–Crippen MR) is 64.2 cm³/mol. The number of rotatable bonds is 1. The first-order valence-corrected chi connectivity index (χ1v) is 5.97. The van der Waals surface area contributed by atoms with Crippen LogP contribution < -0.4 is 14.9 Å². The summed E-state index contributed by atoms with van der Waals surface area (Å²) in [6.07, 6.45) is 1.92. The predicted octanol–water partition coefficient (Wildman–Crippen LogP) is 0.372. The van der Waals surface area contributed by atoms with Crippen LogP contribution in [0.4, 0.5) is 0 Å². The molecule has 3 nitrogen and oxygen atoms in total. The second kappa shape index (κ2) is 3.72. The summed E-state index contributed by atoms with van der Waals surface area (Å²) in [5.74, 6) is 0. The normalized spacial score (nSPS) is 14.9. The van der Waals surface area contributed by atoms with E-state index in [4.69, 9.17) is 0 Å². The third-order valence-electron chi connectivity index (χ3n) is 2.56. The van der Waals surface area contributed by atoms with Crippen LogP contribution in [0.1, 0.15) is 5.56 Å². The Morgan fingerprint density at radius 3 is 2.88 bits per heavy atom. The van der Waals surface area contributed by atoms with E-state index in [2.05, 4.69) is 4.99 Å². The largest absolute Gasteiger partial charge is 0.282 e. The molecule has 0 N–H and O–H groups in total. The second-order valence-electron chi connectivity index (χ2n) is 3.64. The van der Waals surface area contributed by atoms with Gasteiger partial charge in [0.25, 0.3) is 5.56 Å². The smallest absolute Gasteiger partial charge is 0.270 e. The number of fused-ring (bicyclic) bond motifs is 1. The molecule has 0 atom stereocenters. The molecule has 1 aliphatic rings. The standard InChI is InChI=1S/C12H10N2OS/c15-11-10(8-9-4-2-1-3-5-9)16-12-13-6-7-14(11)12/h1-5,8H,6-7H2. The van der Waals surface area contributed by atoms with Gasteiger partial charge in [0.1, 0.15) is 0 Å². The van der Waals surface area contributed by atoms with Crippen LogP contribution in [0.2, 0.25) is 0 Å². The summed E-state index contributed by atoms with van der Waals surface area (Å²) in [4.78, 5) is 17.1. The van der Waals surface area contributed by atoms with Gasteiger partial charge in [-0.15, -0.1) is 0 Å². The molecule has 1 aromatic heterocycles. The van der Waals surface area contributed by atoms with Crippen molar-refractivity contribution in [1.29, 1.82) is 0 Å². The molecule has 80 valence electrons. The maximum Gasteiger partial charge on any atom is 0.270 e. The van der Waals surface area contributed by atoms with Gasteiger partial charge in [0.15, 0.2) is 4.80 Å². The van der Waals surface area contributed by atoms with E-state index < -0.39 is 0 Å². The molecule has 0 radical (unpaired) electrons. The van der Waals surface area contributed by atoms with Gasteiger partial charge in [0.2, 0.25) is 0 Å². The molecule has 0 fully saturated rings. The molecule has 0 bridgehead atoms. The van der Waals surface area contributed by atoms with Crippen LogP contribution in [0.5, 0.6) is 0 Å². The summed E-state index contributed by atoms with van der Waals surface area (Å²) in [7, 11) is 0. The zero-order chi connectivity index (χ0) is 11.0. The van der Waals surface area contributed by atoms with E-state index in [-0.39, 0.29) is 5.56 Å². The molecule has 0 saturated carbocycles. The fraction of sp³-hybridized carbons (Fsp3) is 0.167. The average Bonchev–Trinajstić information content (AvgIpc) is 2.86. The zero-order valence-electron chi connectivity index (χ0n) is 8.59. The zero-order valence-corrected chi connectivity index (χ0v) is 9.41. The van der Waals surface area contributed by atoms with Crippen molar-refractivity contribution in [3.05, 3.63) is 55.6 Å². The van der Waals surface area contributed by atoms with Crippen molar-refractivity contribution >= 4 is 17.4 Å². The maximum atomic E-state index is 11.9. The number of benzene rings is 1. The van der Waals surface area contributed by atoms with Crippen molar-refractivity contribution in [1.82, 2.24) is 4.57 Å². The lowest BCUT2D eigenvalue weighted by Crippen LogP contribution is -2.29. The second-order valence-corrected chi connectivity index (χ2v) is 4.65. The molecule has 2 heterocycles. The Morgan fingerprint density at radius 1 is 1.31 bits per heavy atom. The summed E-state index contributed by atoms with van der Waals surface area (Å²) in [6.45, 7) is 1.47. The molecule has 0 saturated heterocycles. The minimum atomic E-state index is 0.0881. The van der Waals surface area contributed by atoms with E-state index in [1.54, 1.807) is 4.57 Å². The summed E-state index contributed by atoms with van der Waals surface area (Å²) < 4.78 is 2.52. The van der Waals surface area contributed by atoms with Crippen LogP contribution in [0.3, 0.4) is 0 Å². The first-order chi connectivity index (χ1) is 7.84. The Bertz CT molecular complexity index is 682. The molecule has 4 heteroatoms. The highest BCUT2D eigenvalue weighted by molar-refractivity contribution is 7.07. The first-order valence-electron chi connectivity index (χ1n) is 5.15. The van der Waals surface area contributed by atoms with Crippen molar-refractivity contribution < 1.29 is 0 Å². The molecule has 1 aliphatic heterocycles. The fourth-order valence-electron chi connectivity index (χ4n) is 1.77. The van der Waals surface area contributed by atoms with Crippen molar-refractivity contribution in [2.75, 3.05) is 6.54 Å². The van der Waals surface area contributed by atoms with E-state index in [0.717, 1.165) is 28.0 Å². The van der Waals surface area contributed by atoms with Crippen LogP contribution >= 0.6 is 11.3 Å². The quantitative estimate of drug-likeness (QED) is 0.697. The van der Waals surface area contributed by atoms with Crippen LogP contribution in [0, 0.1) is 0 Å². The van der Waals surface area contributed by atoms with Gasteiger partial charge in [-0.25, -0.2) is 0 Å². The lowest BCUT2D eigenvalue weighted by Gasteiger charge is -1.89.